The topological polar surface area (TPSA) is 104 Å². The Morgan fingerprint density at radius 1 is 0.722 bits per heavy atom. The highest BCUT2D eigenvalue weighted by molar-refractivity contribution is 7.90. The van der Waals surface area contributed by atoms with E-state index in [2.05, 4.69) is 11.8 Å². The van der Waals surface area contributed by atoms with Gasteiger partial charge in [-0.15, -0.1) is 0 Å². The standard InChI is InChI=1S/C43H50N2O8S/c1-5-45(25-28-49-27-24-44(3)31-42(46)50-6-2)26-29-51-36-15-17-37(18-16-36)53-43-40(34-12-20-39(21-13-34)54(4,47)48)22-14-35-30-38(19-23-41(35)43)52-32-33-10-8-7-9-11-33/h7-23,30H,5-6,24-29,31-32H2,1-4H3. The molecule has 0 aromatic heterocycles. The van der Waals surface area contributed by atoms with Crippen LogP contribution < -0.4 is 14.2 Å². The third kappa shape index (κ3) is 12.0. The van der Waals surface area contributed by atoms with E-state index < -0.39 is 9.84 Å². The van der Waals surface area contributed by atoms with Gasteiger partial charge in [0.15, 0.2) is 9.84 Å². The minimum absolute atomic E-state index is 0.228. The van der Waals surface area contributed by atoms with Gasteiger partial charge < -0.3 is 23.7 Å². The molecule has 0 N–H and O–H groups in total. The number of hydrogen-bond acceptors (Lipinski definition) is 10. The highest BCUT2D eigenvalue weighted by atomic mass is 32.2. The molecule has 0 aliphatic carbocycles. The Labute approximate surface area is 319 Å². The summed E-state index contributed by atoms with van der Waals surface area (Å²) in [6.07, 6.45) is 1.20. The molecule has 5 rings (SSSR count). The van der Waals surface area contributed by atoms with Gasteiger partial charge in [0.05, 0.1) is 31.3 Å². The van der Waals surface area contributed by atoms with E-state index >= 15 is 0 Å². The monoisotopic (exact) mass is 754 g/mol. The van der Waals surface area contributed by atoms with Crippen LogP contribution in [0, 0.1) is 0 Å². The molecule has 10 nitrogen and oxygen atoms in total. The van der Waals surface area contributed by atoms with E-state index in [1.807, 2.05) is 96.9 Å². The number of rotatable bonds is 21. The van der Waals surface area contributed by atoms with Crippen LogP contribution in [-0.2, 0) is 30.7 Å². The molecule has 0 amide bonds. The number of sulfone groups is 1. The minimum atomic E-state index is -3.34. The van der Waals surface area contributed by atoms with Gasteiger partial charge in [-0.25, -0.2) is 8.42 Å². The van der Waals surface area contributed by atoms with Crippen LogP contribution in [0.4, 0.5) is 0 Å². The molecule has 11 heteroatoms. The van der Waals surface area contributed by atoms with Gasteiger partial charge in [-0.05, 0) is 97.7 Å². The number of benzene rings is 5. The maximum atomic E-state index is 12.1. The van der Waals surface area contributed by atoms with Crippen molar-refractivity contribution in [3.8, 4) is 34.1 Å². The Morgan fingerprint density at radius 3 is 2.11 bits per heavy atom. The molecule has 0 saturated heterocycles. The molecule has 0 radical (unpaired) electrons. The van der Waals surface area contributed by atoms with Crippen molar-refractivity contribution < 1.29 is 36.9 Å². The van der Waals surface area contributed by atoms with E-state index in [0.29, 0.717) is 51.1 Å². The maximum absolute atomic E-state index is 12.1. The van der Waals surface area contributed by atoms with Crippen LogP contribution in [0.3, 0.4) is 0 Å². The molecule has 0 heterocycles. The van der Waals surface area contributed by atoms with Crippen molar-refractivity contribution in [2.45, 2.75) is 25.3 Å². The first-order valence-electron chi connectivity index (χ1n) is 18.2. The van der Waals surface area contributed by atoms with Crippen molar-refractivity contribution in [2.75, 3.05) is 72.5 Å². The molecule has 286 valence electrons. The second kappa shape index (κ2) is 19.9. The van der Waals surface area contributed by atoms with Gasteiger partial charge in [-0.2, -0.15) is 0 Å². The zero-order valence-corrected chi connectivity index (χ0v) is 32.3. The highest BCUT2D eigenvalue weighted by Crippen LogP contribution is 2.41. The van der Waals surface area contributed by atoms with E-state index in [1.165, 1.54) is 6.26 Å². The molecule has 0 fully saturated rings. The quantitative estimate of drug-likeness (QED) is 0.0553. The molecular weight excluding hydrogens is 705 g/mol. The summed E-state index contributed by atoms with van der Waals surface area (Å²) < 4.78 is 53.8. The van der Waals surface area contributed by atoms with Gasteiger partial charge in [0.1, 0.15) is 36.2 Å². The Morgan fingerprint density at radius 2 is 1.41 bits per heavy atom. The van der Waals surface area contributed by atoms with Gasteiger partial charge in [0, 0.05) is 36.8 Å². The molecule has 0 saturated carbocycles. The fourth-order valence-corrected chi connectivity index (χ4v) is 6.42. The summed E-state index contributed by atoms with van der Waals surface area (Å²) in [6.45, 7) is 9.69. The van der Waals surface area contributed by atoms with Gasteiger partial charge in [-0.3, -0.25) is 14.6 Å². The second-order valence-corrected chi connectivity index (χ2v) is 14.9. The summed E-state index contributed by atoms with van der Waals surface area (Å²) in [6, 6.07) is 34.3. The summed E-state index contributed by atoms with van der Waals surface area (Å²) in [5, 5.41) is 1.83. The Hall–Kier alpha value is -4.94. The number of carbonyl (C=O) groups excluding carboxylic acids is 1. The van der Waals surface area contributed by atoms with Gasteiger partial charge in [0.2, 0.25) is 0 Å². The van der Waals surface area contributed by atoms with Gasteiger partial charge in [0.25, 0.3) is 0 Å². The first-order chi connectivity index (χ1) is 26.1. The third-order valence-corrected chi connectivity index (χ3v) is 9.95. The molecule has 0 spiro atoms. The summed E-state index contributed by atoms with van der Waals surface area (Å²) in [7, 11) is -1.46. The number of carbonyl (C=O) groups is 1. The van der Waals surface area contributed by atoms with Crippen LogP contribution in [0.1, 0.15) is 19.4 Å². The lowest BCUT2D eigenvalue weighted by Gasteiger charge is -2.21. The molecular formula is C43H50N2O8S. The zero-order chi connectivity index (χ0) is 38.3. The molecule has 54 heavy (non-hydrogen) atoms. The predicted molar refractivity (Wildman–Crippen MR) is 212 cm³/mol. The smallest absolute Gasteiger partial charge is 0.320 e. The van der Waals surface area contributed by atoms with Gasteiger partial charge in [-0.1, -0.05) is 55.5 Å². The lowest BCUT2D eigenvalue weighted by atomic mass is 9.99. The van der Waals surface area contributed by atoms with Crippen LogP contribution >= 0.6 is 0 Å². The fourth-order valence-electron chi connectivity index (χ4n) is 5.79. The SMILES string of the molecule is CCOC(=O)CN(C)CCOCCN(CC)CCOc1ccc(Oc2c(-c3ccc(S(C)(=O)=O)cc3)ccc3cc(OCc4ccccc4)ccc23)cc1. The zero-order valence-electron chi connectivity index (χ0n) is 31.5. The fraction of sp³-hybridized carbons (Fsp3) is 0.326. The highest BCUT2D eigenvalue weighted by Gasteiger charge is 2.15. The summed E-state index contributed by atoms with van der Waals surface area (Å²) in [5.74, 6) is 2.53. The van der Waals surface area contributed by atoms with Crippen LogP contribution in [0.5, 0.6) is 23.0 Å². The average Bonchev–Trinajstić information content (AvgIpc) is 3.17. The average molecular weight is 755 g/mol. The molecule has 5 aromatic rings. The largest absolute Gasteiger partial charge is 0.492 e. The number of nitrogens with zero attached hydrogens (tertiary/aromatic N) is 2. The molecule has 0 unspecified atom stereocenters. The van der Waals surface area contributed by atoms with Crippen molar-refractivity contribution in [2.24, 2.45) is 0 Å². The first-order valence-corrected chi connectivity index (χ1v) is 20.1. The van der Waals surface area contributed by atoms with Crippen LogP contribution in [0.15, 0.2) is 114 Å². The second-order valence-electron chi connectivity index (χ2n) is 12.9. The Bertz CT molecular complexity index is 2040. The molecule has 0 aliphatic heterocycles. The maximum Gasteiger partial charge on any atom is 0.320 e. The van der Waals surface area contributed by atoms with E-state index in [-0.39, 0.29) is 17.4 Å². The normalized spacial score (nSPS) is 11.6. The van der Waals surface area contributed by atoms with Crippen LogP contribution in [-0.4, -0.2) is 96.6 Å². The Balaban J connectivity index is 1.21. The summed E-state index contributed by atoms with van der Waals surface area (Å²) in [5.41, 5.74) is 2.74. The predicted octanol–water partition coefficient (Wildman–Crippen LogP) is 7.49. The number of esters is 1. The van der Waals surface area contributed by atoms with E-state index in [9.17, 15) is 13.2 Å². The summed E-state index contributed by atoms with van der Waals surface area (Å²) in [4.78, 5) is 16.0. The minimum Gasteiger partial charge on any atom is -0.492 e. The number of ether oxygens (including phenoxy) is 5. The van der Waals surface area contributed by atoms with E-state index in [1.54, 1.807) is 31.2 Å². The molecule has 5 aromatic carbocycles. The Kier molecular flexibility index (Phi) is 14.9. The molecule has 0 aliphatic rings. The number of fused-ring (bicyclic) bond motifs is 1. The van der Waals surface area contributed by atoms with Crippen molar-refractivity contribution >= 4 is 26.6 Å². The third-order valence-electron chi connectivity index (χ3n) is 8.82. The lowest BCUT2D eigenvalue weighted by molar-refractivity contribution is -0.144. The number of likely N-dealkylation sites (N-methyl/N-ethyl adjacent to an activating group) is 2. The van der Waals surface area contributed by atoms with Crippen molar-refractivity contribution in [3.05, 3.63) is 115 Å². The van der Waals surface area contributed by atoms with Crippen molar-refractivity contribution in [1.82, 2.24) is 9.80 Å². The molecule has 0 atom stereocenters. The number of hydrogen-bond donors (Lipinski definition) is 0. The van der Waals surface area contributed by atoms with Crippen molar-refractivity contribution in [3.63, 3.8) is 0 Å². The van der Waals surface area contributed by atoms with Crippen LogP contribution in [0.2, 0.25) is 0 Å². The van der Waals surface area contributed by atoms with E-state index in [4.69, 9.17) is 23.7 Å². The summed E-state index contributed by atoms with van der Waals surface area (Å²) >= 11 is 0. The molecule has 0 bridgehead atoms. The van der Waals surface area contributed by atoms with Crippen LogP contribution in [0.25, 0.3) is 21.9 Å². The lowest BCUT2D eigenvalue weighted by Crippen LogP contribution is -2.33. The van der Waals surface area contributed by atoms with Gasteiger partial charge >= 0.3 is 5.97 Å². The van der Waals surface area contributed by atoms with E-state index in [0.717, 1.165) is 58.6 Å². The first kappa shape index (κ1) is 40.2. The van der Waals surface area contributed by atoms with Crippen molar-refractivity contribution in [1.29, 1.82) is 0 Å².